The van der Waals surface area contributed by atoms with Crippen LogP contribution >= 0.6 is 0 Å². The minimum absolute atomic E-state index is 0.0282. The molecule has 0 saturated heterocycles. The second kappa shape index (κ2) is 5.24. The van der Waals surface area contributed by atoms with E-state index in [-0.39, 0.29) is 17.0 Å². The number of carbonyl (C=O) groups is 1. The number of nitrogens with one attached hydrogen (secondary N) is 1. The average Bonchev–Trinajstić information content (AvgIpc) is 2.39. The number of amides is 1. The number of benzene rings is 2. The predicted molar refractivity (Wildman–Crippen MR) is 67.1 cm³/mol. The van der Waals surface area contributed by atoms with Crippen molar-refractivity contribution >= 4 is 11.6 Å². The molecule has 3 nitrogen and oxygen atoms in total. The number of hydrogen-bond donors (Lipinski definition) is 2. The molecule has 0 bridgehead atoms. The van der Waals surface area contributed by atoms with Gasteiger partial charge >= 0.3 is 0 Å². The molecule has 2 N–H and O–H groups in total. The first-order valence-corrected chi connectivity index (χ1v) is 5.64. The summed E-state index contributed by atoms with van der Waals surface area (Å²) in [6.07, 6.45) is 0. The second-order valence-electron chi connectivity index (χ2n) is 4.21. The lowest BCUT2D eigenvalue weighted by molar-refractivity contribution is 0.102. The summed E-state index contributed by atoms with van der Waals surface area (Å²) in [5, 5.41) is 11.6. The van der Waals surface area contributed by atoms with E-state index in [9.17, 15) is 23.1 Å². The Hall–Kier alpha value is -2.50. The van der Waals surface area contributed by atoms with E-state index in [1.807, 2.05) is 0 Å². The first-order chi connectivity index (χ1) is 9.38. The summed E-state index contributed by atoms with van der Waals surface area (Å²) >= 11 is 0. The molecule has 0 aliphatic rings. The molecule has 0 unspecified atom stereocenters. The van der Waals surface area contributed by atoms with E-state index < -0.39 is 23.4 Å². The van der Waals surface area contributed by atoms with Gasteiger partial charge in [-0.25, -0.2) is 13.2 Å². The lowest BCUT2D eigenvalue weighted by atomic mass is 10.1. The van der Waals surface area contributed by atoms with Crippen molar-refractivity contribution in [3.05, 3.63) is 58.9 Å². The summed E-state index contributed by atoms with van der Waals surface area (Å²) in [4.78, 5) is 11.9. The van der Waals surface area contributed by atoms with Gasteiger partial charge in [0.2, 0.25) is 0 Å². The SMILES string of the molecule is Cc1cc(C(=O)Nc2cc(F)c(F)c(F)c2)ccc1O. The molecule has 0 spiro atoms. The summed E-state index contributed by atoms with van der Waals surface area (Å²) in [5.41, 5.74) is 0.483. The average molecular weight is 281 g/mol. The molecular weight excluding hydrogens is 271 g/mol. The number of phenols is 1. The number of rotatable bonds is 2. The smallest absolute Gasteiger partial charge is 0.255 e. The topological polar surface area (TPSA) is 49.3 Å². The summed E-state index contributed by atoms with van der Waals surface area (Å²) in [6.45, 7) is 1.60. The Morgan fingerprint density at radius 2 is 1.70 bits per heavy atom. The van der Waals surface area contributed by atoms with Gasteiger partial charge in [0, 0.05) is 23.4 Å². The van der Waals surface area contributed by atoms with Crippen LogP contribution in [-0.2, 0) is 0 Å². The fourth-order valence-corrected chi connectivity index (χ4v) is 1.63. The molecule has 0 fully saturated rings. The number of hydrogen-bond acceptors (Lipinski definition) is 2. The van der Waals surface area contributed by atoms with Crippen LogP contribution in [0.4, 0.5) is 18.9 Å². The van der Waals surface area contributed by atoms with Crippen molar-refractivity contribution in [3.8, 4) is 5.75 Å². The number of carbonyl (C=O) groups excluding carboxylic acids is 1. The van der Waals surface area contributed by atoms with Crippen molar-refractivity contribution in [2.24, 2.45) is 0 Å². The third kappa shape index (κ3) is 2.74. The fourth-order valence-electron chi connectivity index (χ4n) is 1.63. The van der Waals surface area contributed by atoms with Crippen LogP contribution in [0.1, 0.15) is 15.9 Å². The summed E-state index contributed by atoms with van der Waals surface area (Å²) in [5.74, 6) is -4.97. The highest BCUT2D eigenvalue weighted by molar-refractivity contribution is 6.04. The molecule has 0 aliphatic heterocycles. The van der Waals surface area contributed by atoms with Crippen LogP contribution in [0.2, 0.25) is 0 Å². The standard InChI is InChI=1S/C14H10F3NO2/c1-7-4-8(2-3-12(7)19)14(20)18-9-5-10(15)13(17)11(16)6-9/h2-6,19H,1H3,(H,18,20). The Kier molecular flexibility index (Phi) is 3.65. The highest BCUT2D eigenvalue weighted by atomic mass is 19.2. The zero-order valence-corrected chi connectivity index (χ0v) is 10.4. The van der Waals surface area contributed by atoms with Gasteiger partial charge in [-0.3, -0.25) is 4.79 Å². The van der Waals surface area contributed by atoms with Gasteiger partial charge in [0.1, 0.15) is 5.75 Å². The first-order valence-electron chi connectivity index (χ1n) is 5.64. The van der Waals surface area contributed by atoms with Crippen molar-refractivity contribution in [3.63, 3.8) is 0 Å². The van der Waals surface area contributed by atoms with Crippen LogP contribution < -0.4 is 5.32 Å². The molecule has 1 amide bonds. The van der Waals surface area contributed by atoms with Crippen molar-refractivity contribution in [2.75, 3.05) is 5.32 Å². The van der Waals surface area contributed by atoms with Gasteiger partial charge in [-0.05, 0) is 30.7 Å². The van der Waals surface area contributed by atoms with Crippen LogP contribution in [0.5, 0.6) is 5.75 Å². The maximum atomic E-state index is 13.0. The third-order valence-corrected chi connectivity index (χ3v) is 2.70. The van der Waals surface area contributed by atoms with E-state index in [1.165, 1.54) is 18.2 Å². The Labute approximate surface area is 112 Å². The molecule has 0 atom stereocenters. The van der Waals surface area contributed by atoms with Crippen LogP contribution in [0.25, 0.3) is 0 Å². The van der Waals surface area contributed by atoms with Gasteiger partial charge < -0.3 is 10.4 Å². The van der Waals surface area contributed by atoms with E-state index in [0.29, 0.717) is 17.7 Å². The van der Waals surface area contributed by atoms with Gasteiger partial charge in [0.25, 0.3) is 5.91 Å². The number of halogens is 3. The summed E-state index contributed by atoms with van der Waals surface area (Å²) in [7, 11) is 0. The van der Waals surface area contributed by atoms with Crippen LogP contribution in [0.15, 0.2) is 30.3 Å². The number of phenolic OH excluding ortho intramolecular Hbond substituents is 1. The van der Waals surface area contributed by atoms with Gasteiger partial charge in [0.05, 0.1) is 0 Å². The molecule has 0 saturated carbocycles. The normalized spacial score (nSPS) is 10.4. The van der Waals surface area contributed by atoms with Gasteiger partial charge in [-0.15, -0.1) is 0 Å². The van der Waals surface area contributed by atoms with Crippen LogP contribution in [-0.4, -0.2) is 11.0 Å². The van der Waals surface area contributed by atoms with Crippen molar-refractivity contribution < 1.29 is 23.1 Å². The number of aromatic hydroxyl groups is 1. The Morgan fingerprint density at radius 3 is 2.25 bits per heavy atom. The molecule has 6 heteroatoms. The van der Waals surface area contributed by atoms with Gasteiger partial charge in [-0.1, -0.05) is 0 Å². The highest BCUT2D eigenvalue weighted by Crippen LogP contribution is 2.20. The van der Waals surface area contributed by atoms with Crippen LogP contribution in [0, 0.1) is 24.4 Å². The van der Waals surface area contributed by atoms with Gasteiger partial charge in [-0.2, -0.15) is 0 Å². The number of aryl methyl sites for hydroxylation is 1. The lowest BCUT2D eigenvalue weighted by Crippen LogP contribution is -2.12. The highest BCUT2D eigenvalue weighted by Gasteiger charge is 2.13. The van der Waals surface area contributed by atoms with E-state index in [1.54, 1.807) is 6.92 Å². The molecule has 104 valence electrons. The van der Waals surface area contributed by atoms with Crippen molar-refractivity contribution in [1.29, 1.82) is 0 Å². The second-order valence-corrected chi connectivity index (χ2v) is 4.21. The minimum Gasteiger partial charge on any atom is -0.508 e. The van der Waals surface area contributed by atoms with E-state index >= 15 is 0 Å². The van der Waals surface area contributed by atoms with E-state index in [4.69, 9.17) is 0 Å². The molecule has 20 heavy (non-hydrogen) atoms. The summed E-state index contributed by atoms with van der Waals surface area (Å²) in [6, 6.07) is 5.47. The molecule has 2 aromatic carbocycles. The minimum atomic E-state index is -1.59. The predicted octanol–water partition coefficient (Wildman–Crippen LogP) is 3.37. The fraction of sp³-hybridized carbons (Fsp3) is 0.0714. The molecular formula is C14H10F3NO2. The number of anilines is 1. The monoisotopic (exact) mass is 281 g/mol. The maximum Gasteiger partial charge on any atom is 0.255 e. The molecule has 2 aromatic rings. The zero-order chi connectivity index (χ0) is 14.9. The Balaban J connectivity index is 2.25. The molecule has 2 rings (SSSR count). The molecule has 0 aliphatic carbocycles. The largest absolute Gasteiger partial charge is 0.508 e. The quantitative estimate of drug-likeness (QED) is 0.829. The zero-order valence-electron chi connectivity index (χ0n) is 10.4. The van der Waals surface area contributed by atoms with Crippen molar-refractivity contribution in [1.82, 2.24) is 0 Å². The van der Waals surface area contributed by atoms with Gasteiger partial charge in [0.15, 0.2) is 17.5 Å². The first kappa shape index (κ1) is 13.9. The van der Waals surface area contributed by atoms with Crippen molar-refractivity contribution in [2.45, 2.75) is 6.92 Å². The van der Waals surface area contributed by atoms with E-state index in [0.717, 1.165) is 0 Å². The molecule has 0 aromatic heterocycles. The van der Waals surface area contributed by atoms with Crippen LogP contribution in [0.3, 0.4) is 0 Å². The molecule has 0 heterocycles. The third-order valence-electron chi connectivity index (χ3n) is 2.70. The molecule has 0 radical (unpaired) electrons. The summed E-state index contributed by atoms with van der Waals surface area (Å²) < 4.78 is 38.8. The Bertz CT molecular complexity index is 663. The lowest BCUT2D eigenvalue weighted by Gasteiger charge is -2.07. The Morgan fingerprint density at radius 1 is 1.10 bits per heavy atom. The van der Waals surface area contributed by atoms with E-state index in [2.05, 4.69) is 5.32 Å². The maximum absolute atomic E-state index is 13.0.